The number of benzene rings is 5. The maximum Gasteiger partial charge on any atom is 0.254 e. The number of nitrogens with zero attached hydrogens (tertiary/aromatic N) is 2. The summed E-state index contributed by atoms with van der Waals surface area (Å²) in [4.78, 5) is 23.4. The van der Waals surface area contributed by atoms with Gasteiger partial charge in [0.15, 0.2) is 11.5 Å². The molecule has 1 amide bonds. The zero-order valence-corrected chi connectivity index (χ0v) is 37.7. The van der Waals surface area contributed by atoms with Crippen molar-refractivity contribution in [3.63, 3.8) is 0 Å². The topological polar surface area (TPSA) is 129 Å². The largest absolute Gasteiger partial charge is 0.459 e. The molecule has 0 radical (unpaired) electrons. The van der Waals surface area contributed by atoms with E-state index >= 15 is 4.79 Å². The Kier molecular flexibility index (Phi) is 14.0. The Labute approximate surface area is 387 Å². The predicted molar refractivity (Wildman–Crippen MR) is 254 cm³/mol. The number of hydrogen-bond acceptors (Lipinski definition) is 10. The molecule has 2 aliphatic carbocycles. The molecular formula is C55H60N2O9. The molecule has 2 aliphatic heterocycles. The molecule has 1 fully saturated rings. The molecule has 0 spiro atoms. The Bertz CT molecular complexity index is 2560. The number of allylic oxidation sites excluding steroid dienone is 1. The van der Waals surface area contributed by atoms with Gasteiger partial charge in [0.1, 0.15) is 29.9 Å². The SMILES string of the molecule is C=CCO[C@@]12Oc3ccc(Oc4ccc5ccccc5c4)cc3[C@H]3[C@H](CCCCO)[C@@H](CCCCO)C=C(C(=NOCc4ccccc4)C[C@@H]1N(CCC)C(=O)c1ccc4c(c1)OCO4)[C@H]32. The minimum atomic E-state index is -1.40. The van der Waals surface area contributed by atoms with Crippen LogP contribution in [0.3, 0.4) is 0 Å². The summed E-state index contributed by atoms with van der Waals surface area (Å²) in [7, 11) is 0. The number of fused-ring (bicyclic) bond motifs is 4. The Balaban J connectivity index is 1.22. The summed E-state index contributed by atoms with van der Waals surface area (Å²) >= 11 is 0. The average Bonchev–Trinajstić information content (AvgIpc) is 3.83. The van der Waals surface area contributed by atoms with Crippen LogP contribution in [0.1, 0.15) is 85.7 Å². The number of aliphatic hydroxyl groups excluding tert-OH is 2. The minimum Gasteiger partial charge on any atom is -0.459 e. The van der Waals surface area contributed by atoms with E-state index in [1.807, 2.05) is 65.6 Å². The van der Waals surface area contributed by atoms with Crippen molar-refractivity contribution in [3.8, 4) is 28.7 Å². The molecule has 1 saturated carbocycles. The van der Waals surface area contributed by atoms with Crippen molar-refractivity contribution < 1.29 is 43.5 Å². The van der Waals surface area contributed by atoms with Crippen LogP contribution < -0.4 is 18.9 Å². The summed E-state index contributed by atoms with van der Waals surface area (Å²) < 4.78 is 32.7. The van der Waals surface area contributed by atoms with Crippen molar-refractivity contribution in [3.05, 3.63) is 150 Å². The number of rotatable bonds is 20. The summed E-state index contributed by atoms with van der Waals surface area (Å²) in [6.07, 6.45) is 9.70. The monoisotopic (exact) mass is 892 g/mol. The van der Waals surface area contributed by atoms with Crippen LogP contribution in [0.25, 0.3) is 10.8 Å². The zero-order valence-electron chi connectivity index (χ0n) is 37.7. The van der Waals surface area contributed by atoms with Gasteiger partial charge in [-0.05, 0) is 114 Å². The highest BCUT2D eigenvalue weighted by atomic mass is 16.7. The van der Waals surface area contributed by atoms with Crippen LogP contribution in [-0.4, -0.2) is 71.7 Å². The van der Waals surface area contributed by atoms with Crippen molar-refractivity contribution in [2.45, 2.75) is 82.6 Å². The maximum atomic E-state index is 15.2. The van der Waals surface area contributed by atoms with Crippen LogP contribution in [0.5, 0.6) is 28.7 Å². The standard InChI is InChI=1S/C55H60N2O9/c1-3-26-57(54(60)41-21-24-49-50(32-41)62-36-61-49)51-34-47(56-64-35-37-14-6-5-7-15-37)45-31-40(18-10-12-27-58)44(19-11-13-28-59)52-46-33-43(65-42-22-20-38-16-8-9-17-39(38)30-42)23-25-48(46)66-55(51,53(45)52)63-29-4-2/h4-9,14-17,20-25,30-33,40,44,51-53,58-59H,2-3,10-13,18-19,26-29,34-36H2,1H3/t40-,44+,51-,52+,53+,55+/m0/s1. The van der Waals surface area contributed by atoms with Gasteiger partial charge in [-0.3, -0.25) is 4.79 Å². The number of amides is 1. The first-order valence-electron chi connectivity index (χ1n) is 23.6. The summed E-state index contributed by atoms with van der Waals surface area (Å²) in [5.41, 5.74) is 4.14. The van der Waals surface area contributed by atoms with E-state index in [0.717, 1.165) is 64.6 Å². The second-order valence-corrected chi connectivity index (χ2v) is 17.7. The molecule has 5 aromatic rings. The van der Waals surface area contributed by atoms with Gasteiger partial charge in [0, 0.05) is 43.2 Å². The van der Waals surface area contributed by atoms with Gasteiger partial charge in [0.05, 0.1) is 18.2 Å². The van der Waals surface area contributed by atoms with E-state index in [4.69, 9.17) is 33.7 Å². The molecule has 4 aliphatic rings. The molecule has 2 heterocycles. The van der Waals surface area contributed by atoms with Gasteiger partial charge < -0.3 is 43.6 Å². The fraction of sp³-hybridized carbons (Fsp3) is 0.382. The zero-order chi connectivity index (χ0) is 45.5. The fourth-order valence-corrected chi connectivity index (χ4v) is 10.7. The minimum absolute atomic E-state index is 0.0590. The number of hydrogen-bond donors (Lipinski definition) is 2. The van der Waals surface area contributed by atoms with Crippen LogP contribution in [0, 0.1) is 17.8 Å². The summed E-state index contributed by atoms with van der Waals surface area (Å²) in [6, 6.07) is 35.0. The molecule has 0 saturated heterocycles. The lowest BCUT2D eigenvalue weighted by Gasteiger charge is -2.60. The van der Waals surface area contributed by atoms with Crippen LogP contribution in [0.4, 0.5) is 0 Å². The second kappa shape index (κ2) is 20.6. The first kappa shape index (κ1) is 45.0. The van der Waals surface area contributed by atoms with Crippen molar-refractivity contribution in [2.24, 2.45) is 22.9 Å². The number of oxime groups is 1. The first-order valence-corrected chi connectivity index (χ1v) is 23.6. The van der Waals surface area contributed by atoms with Gasteiger partial charge >= 0.3 is 0 Å². The smallest absolute Gasteiger partial charge is 0.254 e. The lowest BCUT2D eigenvalue weighted by Crippen LogP contribution is -2.70. The third-order valence-corrected chi connectivity index (χ3v) is 13.6. The van der Waals surface area contributed by atoms with Gasteiger partial charge in [-0.25, -0.2) is 0 Å². The number of unbranched alkanes of at least 4 members (excludes halogenated alkanes) is 2. The highest BCUT2D eigenvalue weighted by Gasteiger charge is 2.65. The molecular weight excluding hydrogens is 833 g/mol. The van der Waals surface area contributed by atoms with Crippen LogP contribution in [-0.2, 0) is 16.2 Å². The maximum absolute atomic E-state index is 15.2. The number of carbonyl (C=O) groups excluding carboxylic acids is 1. The van der Waals surface area contributed by atoms with Crippen LogP contribution >= 0.6 is 0 Å². The van der Waals surface area contributed by atoms with E-state index < -0.39 is 17.7 Å². The molecule has 344 valence electrons. The molecule has 0 aromatic heterocycles. The summed E-state index contributed by atoms with van der Waals surface area (Å²) in [6.45, 7) is 7.29. The summed E-state index contributed by atoms with van der Waals surface area (Å²) in [5.74, 6) is 1.05. The van der Waals surface area contributed by atoms with Gasteiger partial charge in [0.2, 0.25) is 12.6 Å². The van der Waals surface area contributed by atoms with Crippen molar-refractivity contribution in [1.29, 1.82) is 0 Å². The number of carbonyl (C=O) groups is 1. The molecule has 11 heteroatoms. The van der Waals surface area contributed by atoms with E-state index in [9.17, 15) is 10.2 Å². The van der Waals surface area contributed by atoms with Gasteiger partial charge in [-0.1, -0.05) is 97.7 Å². The van der Waals surface area contributed by atoms with E-state index in [0.29, 0.717) is 54.4 Å². The predicted octanol–water partition coefficient (Wildman–Crippen LogP) is 10.7. The number of ether oxygens (including phenoxy) is 5. The Morgan fingerprint density at radius 3 is 2.39 bits per heavy atom. The van der Waals surface area contributed by atoms with Gasteiger partial charge in [-0.2, -0.15) is 0 Å². The Morgan fingerprint density at radius 2 is 1.59 bits per heavy atom. The highest BCUT2D eigenvalue weighted by molar-refractivity contribution is 6.03. The first-order chi connectivity index (χ1) is 32.4. The van der Waals surface area contributed by atoms with Gasteiger partial charge in [-0.15, -0.1) is 6.58 Å². The molecule has 2 N–H and O–H groups in total. The molecule has 11 nitrogen and oxygen atoms in total. The lowest BCUT2D eigenvalue weighted by atomic mass is 9.55. The lowest BCUT2D eigenvalue weighted by molar-refractivity contribution is -0.254. The van der Waals surface area contributed by atoms with E-state index in [1.54, 1.807) is 24.3 Å². The molecule has 6 atom stereocenters. The highest BCUT2D eigenvalue weighted by Crippen LogP contribution is 2.62. The molecule has 9 rings (SSSR count). The Morgan fingerprint density at radius 1 is 0.848 bits per heavy atom. The molecule has 5 aromatic carbocycles. The quantitative estimate of drug-likeness (QED) is 0.0446. The third-order valence-electron chi connectivity index (χ3n) is 13.6. The third kappa shape index (κ3) is 9.17. The Hall–Kier alpha value is -6.14. The normalized spacial score (nSPS) is 23.0. The van der Waals surface area contributed by atoms with E-state index in [-0.39, 0.29) is 63.3 Å². The second-order valence-electron chi connectivity index (χ2n) is 17.7. The molecule has 66 heavy (non-hydrogen) atoms. The average molecular weight is 893 g/mol. The van der Waals surface area contributed by atoms with Crippen LogP contribution in [0.15, 0.2) is 139 Å². The number of aliphatic hydroxyl groups is 2. The van der Waals surface area contributed by atoms with Gasteiger partial charge in [0.25, 0.3) is 5.91 Å². The fourth-order valence-electron chi connectivity index (χ4n) is 10.7. The van der Waals surface area contributed by atoms with Crippen molar-refractivity contribution >= 4 is 22.4 Å². The van der Waals surface area contributed by atoms with Crippen molar-refractivity contribution in [1.82, 2.24) is 4.90 Å². The van der Waals surface area contributed by atoms with E-state index in [2.05, 4.69) is 49.9 Å². The summed E-state index contributed by atoms with van der Waals surface area (Å²) in [5, 5.41) is 27.3. The van der Waals surface area contributed by atoms with Crippen molar-refractivity contribution in [2.75, 3.05) is 33.2 Å². The van der Waals surface area contributed by atoms with Crippen LogP contribution in [0.2, 0.25) is 0 Å². The van der Waals surface area contributed by atoms with E-state index in [1.165, 1.54) is 0 Å². The molecule has 0 bridgehead atoms. The molecule has 0 unspecified atom stereocenters.